The normalized spacial score (nSPS) is 16.1. The fraction of sp³-hybridized carbons (Fsp3) is 0.617. The number of aliphatic imine (C=N–C) groups is 1. The molecule has 0 aromatic heterocycles. The first-order valence-electron chi connectivity index (χ1n) is 25.0. The van der Waals surface area contributed by atoms with Crippen LogP contribution in [0.3, 0.4) is 0 Å². The summed E-state index contributed by atoms with van der Waals surface area (Å²) >= 11 is 6.23. The molecule has 0 radical (unpaired) electrons. The number of nitrogens with two attached hydrogens (primary N) is 7. The number of hydrogen-bond acceptors (Lipinski definition) is 16. The highest BCUT2D eigenvalue weighted by atomic mass is 35.5. The minimum absolute atomic E-state index is 0.00145. The van der Waals surface area contributed by atoms with Crippen LogP contribution < -0.4 is 77.4 Å². The van der Waals surface area contributed by atoms with Gasteiger partial charge in [-0.3, -0.25) is 43.3 Å². The highest BCUT2D eigenvalue weighted by Gasteiger charge is 2.39. The third-order valence-electron chi connectivity index (χ3n) is 11.9. The van der Waals surface area contributed by atoms with Gasteiger partial charge in [0.1, 0.15) is 41.9 Å². The molecule has 1 aliphatic heterocycles. The number of aliphatic hydroxyl groups is 1. The molecule has 0 spiro atoms. The number of halogens is 1. The molecule has 1 aliphatic rings. The van der Waals surface area contributed by atoms with Crippen molar-refractivity contribution in [3.05, 3.63) is 46.6 Å². The Bertz CT molecular complexity index is 2130. The molecule has 1 fully saturated rings. The zero-order valence-corrected chi connectivity index (χ0v) is 43.3. The SMILES string of the molecule is C[C@H](NC(=O)[C@@H](NC(=O)[C@@H](N)CCCCN)[C@@H](O)CN)C(=O)NCC(=O)N[C@H](CCCN)C(=O)N1CCC[C@H]1C(=O)N[C@@H](CCc1cccc(Cl)c1)C(=O)N[C@@H](CCCCN)C(=O)N/C(=C\CCN=C(N)N)C(=O)O. The maximum absolute atomic E-state index is 14.2. The molecule has 2 rings (SSSR count). The predicted molar refractivity (Wildman–Crippen MR) is 279 cm³/mol. The number of unbranched alkanes of at least 4 members (excludes halogenated alkanes) is 2. The number of aliphatic carboxylic acids is 1. The summed E-state index contributed by atoms with van der Waals surface area (Å²) in [7, 11) is 0. The first-order chi connectivity index (χ1) is 35.7. The van der Waals surface area contributed by atoms with Gasteiger partial charge >= 0.3 is 5.97 Å². The summed E-state index contributed by atoms with van der Waals surface area (Å²) in [5.41, 5.74) is 39.4. The van der Waals surface area contributed by atoms with Crippen LogP contribution in [0.1, 0.15) is 89.5 Å². The van der Waals surface area contributed by atoms with Crippen molar-refractivity contribution < 1.29 is 53.4 Å². The second-order valence-electron chi connectivity index (χ2n) is 18.0. The van der Waals surface area contributed by atoms with E-state index in [-0.39, 0.29) is 83.5 Å². The Morgan fingerprint density at radius 1 is 0.787 bits per heavy atom. The van der Waals surface area contributed by atoms with Crippen molar-refractivity contribution in [2.45, 2.75) is 139 Å². The van der Waals surface area contributed by atoms with Crippen LogP contribution in [0.15, 0.2) is 41.0 Å². The number of carboxylic acid groups (broad SMARTS) is 1. The Kier molecular flexibility index (Phi) is 30.1. The fourth-order valence-electron chi connectivity index (χ4n) is 7.78. The number of aryl methyl sites for hydroxylation is 1. The molecular weight excluding hydrogens is 1000 g/mol. The van der Waals surface area contributed by atoms with Crippen LogP contribution in [-0.4, -0.2) is 169 Å². The maximum Gasteiger partial charge on any atom is 0.352 e. The number of rotatable bonds is 35. The number of carbonyl (C=O) groups excluding carboxylic acids is 8. The lowest BCUT2D eigenvalue weighted by atomic mass is 10.0. The molecule has 23 N–H and O–H groups in total. The molecule has 1 aromatic rings. The second-order valence-corrected chi connectivity index (χ2v) is 18.4. The van der Waals surface area contributed by atoms with E-state index in [2.05, 4.69) is 42.2 Å². The summed E-state index contributed by atoms with van der Waals surface area (Å²) in [4.78, 5) is 126. The molecule has 75 heavy (non-hydrogen) atoms. The Balaban J connectivity index is 2.26. The zero-order chi connectivity index (χ0) is 56.0. The average molecular weight is 1080 g/mol. The first kappa shape index (κ1) is 64.6. The molecule has 0 bridgehead atoms. The lowest BCUT2D eigenvalue weighted by Gasteiger charge is -2.30. The fourth-order valence-corrected chi connectivity index (χ4v) is 7.99. The monoisotopic (exact) mass is 1080 g/mol. The van der Waals surface area contributed by atoms with E-state index < -0.39 is 120 Å². The van der Waals surface area contributed by atoms with Gasteiger partial charge in [0.25, 0.3) is 0 Å². The van der Waals surface area contributed by atoms with Crippen LogP contribution in [0.4, 0.5) is 0 Å². The van der Waals surface area contributed by atoms with E-state index in [1.807, 2.05) is 0 Å². The van der Waals surface area contributed by atoms with Crippen LogP contribution >= 0.6 is 11.6 Å². The minimum atomic E-state index is -1.56. The standard InChI is InChI=1S/C47H79ClN16O11/c1-27(58-44(72)38(36(65)25-52)63-40(68)30(53)12-2-4-19-49)39(67)57-26-37(66)59-33(14-7-21-51)45(73)64-23-9-16-35(64)43(71)61-32(18-17-28-10-6-11-29(48)24-28)42(70)60-31(13-3-5-20-50)41(69)62-34(46(74)75)15-8-22-56-47(54)55/h6,10-11,15,24,27,30-33,35-36,38,65H,2-5,7-9,12-14,16-23,25-26,49-53H2,1H3,(H,57,67)(H,58,72)(H,59,66)(H,60,70)(H,61,71)(H,62,69)(H,63,68)(H,74,75)(H4,54,55,56)/b34-15-/t27-,30-,31-,32-,33+,35-,36-,38-/m0/s1. The average Bonchev–Trinajstić information content (AvgIpc) is 3.87. The van der Waals surface area contributed by atoms with Crippen molar-refractivity contribution in [3.63, 3.8) is 0 Å². The van der Waals surface area contributed by atoms with Gasteiger partial charge in [-0.1, -0.05) is 36.2 Å². The van der Waals surface area contributed by atoms with E-state index in [4.69, 9.17) is 51.7 Å². The second kappa shape index (κ2) is 34.9. The molecule has 0 saturated carbocycles. The predicted octanol–water partition coefficient (Wildman–Crippen LogP) is -4.78. The van der Waals surface area contributed by atoms with Gasteiger partial charge in [-0.15, -0.1) is 0 Å². The van der Waals surface area contributed by atoms with Gasteiger partial charge < -0.3 is 92.5 Å². The van der Waals surface area contributed by atoms with Gasteiger partial charge in [0.2, 0.25) is 47.3 Å². The summed E-state index contributed by atoms with van der Waals surface area (Å²) in [6, 6.07) is -1.90. The first-order valence-corrected chi connectivity index (χ1v) is 25.4. The summed E-state index contributed by atoms with van der Waals surface area (Å²) in [5, 5.41) is 38.2. The number of likely N-dealkylation sites (tertiary alicyclic amines) is 1. The number of amides is 8. The van der Waals surface area contributed by atoms with Gasteiger partial charge in [-0.25, -0.2) is 4.79 Å². The molecule has 8 amide bonds. The molecule has 0 unspecified atom stereocenters. The number of aliphatic hydroxyl groups excluding tert-OH is 1. The molecule has 28 heteroatoms. The van der Waals surface area contributed by atoms with E-state index in [1.165, 1.54) is 17.9 Å². The molecule has 420 valence electrons. The van der Waals surface area contributed by atoms with Crippen LogP contribution in [0.2, 0.25) is 5.02 Å². The maximum atomic E-state index is 14.2. The van der Waals surface area contributed by atoms with E-state index in [1.54, 1.807) is 24.3 Å². The number of hydrogen-bond donors (Lipinski definition) is 16. The van der Waals surface area contributed by atoms with E-state index in [9.17, 15) is 53.4 Å². The van der Waals surface area contributed by atoms with Crippen LogP contribution in [0.5, 0.6) is 0 Å². The molecular formula is C47H79ClN16O11. The molecule has 27 nitrogen and oxygen atoms in total. The van der Waals surface area contributed by atoms with Gasteiger partial charge in [-0.05, 0) is 121 Å². The summed E-state index contributed by atoms with van der Waals surface area (Å²) in [6.07, 6.45) is 3.19. The summed E-state index contributed by atoms with van der Waals surface area (Å²) in [5.74, 6) is -7.93. The minimum Gasteiger partial charge on any atom is -0.477 e. The number of benzene rings is 1. The lowest BCUT2D eigenvalue weighted by Crippen LogP contribution is -2.60. The molecule has 8 atom stereocenters. The van der Waals surface area contributed by atoms with Crippen LogP contribution in [-0.2, 0) is 49.6 Å². The smallest absolute Gasteiger partial charge is 0.352 e. The highest BCUT2D eigenvalue weighted by molar-refractivity contribution is 6.30. The van der Waals surface area contributed by atoms with Crippen molar-refractivity contribution in [3.8, 4) is 0 Å². The van der Waals surface area contributed by atoms with Crippen LogP contribution in [0, 0.1) is 0 Å². The molecule has 0 aliphatic carbocycles. The van der Waals surface area contributed by atoms with E-state index in [0.717, 1.165) is 5.56 Å². The third kappa shape index (κ3) is 23.7. The largest absolute Gasteiger partial charge is 0.477 e. The lowest BCUT2D eigenvalue weighted by molar-refractivity contribution is -0.142. The molecule has 1 saturated heterocycles. The summed E-state index contributed by atoms with van der Waals surface area (Å²) < 4.78 is 0. The van der Waals surface area contributed by atoms with E-state index >= 15 is 0 Å². The number of carbonyl (C=O) groups is 9. The van der Waals surface area contributed by atoms with Crippen molar-refractivity contribution in [1.29, 1.82) is 0 Å². The Morgan fingerprint density at radius 2 is 1.44 bits per heavy atom. The topological polar surface area (TPSA) is 476 Å². The van der Waals surface area contributed by atoms with Gasteiger partial charge in [0.15, 0.2) is 5.96 Å². The van der Waals surface area contributed by atoms with E-state index in [0.29, 0.717) is 43.7 Å². The number of nitrogens with zero attached hydrogens (tertiary/aromatic N) is 2. The number of guanidine groups is 1. The molecule has 1 heterocycles. The van der Waals surface area contributed by atoms with Gasteiger partial charge in [0, 0.05) is 24.7 Å². The number of nitrogens with one attached hydrogen (secondary N) is 7. The quantitative estimate of drug-likeness (QED) is 0.0131. The van der Waals surface area contributed by atoms with Crippen LogP contribution in [0.25, 0.3) is 0 Å². The summed E-state index contributed by atoms with van der Waals surface area (Å²) in [6.45, 7) is 1.19. The van der Waals surface area contributed by atoms with Gasteiger partial charge in [0.05, 0.1) is 18.7 Å². The molecule has 1 aromatic carbocycles. The van der Waals surface area contributed by atoms with Gasteiger partial charge in [-0.2, -0.15) is 0 Å². The Morgan fingerprint density at radius 3 is 2.07 bits per heavy atom. The van der Waals surface area contributed by atoms with Crippen molar-refractivity contribution >= 4 is 70.8 Å². The zero-order valence-electron chi connectivity index (χ0n) is 42.5. The van der Waals surface area contributed by atoms with Crippen molar-refractivity contribution in [1.82, 2.24) is 42.1 Å². The highest BCUT2D eigenvalue weighted by Crippen LogP contribution is 2.21. The Hall–Kier alpha value is -6.49. The van der Waals surface area contributed by atoms with Crippen molar-refractivity contribution in [2.24, 2.45) is 45.1 Å². The third-order valence-corrected chi connectivity index (χ3v) is 12.2. The number of carboxylic acids is 1. The Labute approximate surface area is 441 Å². The van der Waals surface area contributed by atoms with Crippen molar-refractivity contribution in [2.75, 3.05) is 45.8 Å².